The van der Waals surface area contributed by atoms with E-state index in [1.165, 1.54) is 4.80 Å². The Morgan fingerprint density at radius 2 is 2.11 bits per heavy atom. The maximum absolute atomic E-state index is 12.0. The van der Waals surface area contributed by atoms with Gasteiger partial charge in [0.15, 0.2) is 11.6 Å². The first kappa shape index (κ1) is 16.6. The number of nitrogens with zero attached hydrogens (tertiary/aromatic N) is 7. The van der Waals surface area contributed by atoms with E-state index in [2.05, 4.69) is 36.0 Å². The largest absolute Gasteiger partial charge is 0.337 e. The molecule has 0 aliphatic rings. The number of hydrogen-bond acceptors (Lipinski definition) is 6. The van der Waals surface area contributed by atoms with Crippen molar-refractivity contribution in [1.82, 2.24) is 39.9 Å². The summed E-state index contributed by atoms with van der Waals surface area (Å²) in [6.45, 7) is 0.399. The van der Waals surface area contributed by atoms with Crippen molar-refractivity contribution >= 4 is 17.5 Å². The van der Waals surface area contributed by atoms with E-state index in [0.717, 1.165) is 16.8 Å². The second-order valence-corrected chi connectivity index (χ2v) is 5.88. The summed E-state index contributed by atoms with van der Waals surface area (Å²) in [5, 5.41) is 17.1. The van der Waals surface area contributed by atoms with Crippen LogP contribution in [-0.4, -0.2) is 47.2 Å². The van der Waals surface area contributed by atoms with Gasteiger partial charge in [-0.05, 0) is 29.0 Å². The molecule has 27 heavy (non-hydrogen) atoms. The van der Waals surface area contributed by atoms with Crippen molar-refractivity contribution in [2.75, 3.05) is 11.9 Å². The molecule has 4 heterocycles. The average Bonchev–Trinajstić information content (AvgIpc) is 3.27. The van der Waals surface area contributed by atoms with Gasteiger partial charge in [0.25, 0.3) is 0 Å². The number of imidazole rings is 1. The van der Waals surface area contributed by atoms with E-state index in [0.29, 0.717) is 24.6 Å². The second-order valence-electron chi connectivity index (χ2n) is 5.88. The summed E-state index contributed by atoms with van der Waals surface area (Å²) in [6, 6.07) is 7.41. The Kier molecular flexibility index (Phi) is 4.44. The zero-order valence-electron chi connectivity index (χ0n) is 14.6. The topological polar surface area (TPSA) is 115 Å². The number of hydrogen-bond donors (Lipinski definition) is 2. The van der Waals surface area contributed by atoms with Crippen LogP contribution in [0.4, 0.5) is 10.6 Å². The summed E-state index contributed by atoms with van der Waals surface area (Å²) < 4.78 is 1.86. The van der Waals surface area contributed by atoms with Crippen molar-refractivity contribution in [3.63, 3.8) is 0 Å². The SMILES string of the molecule is Cn1nnc(CCNC(=O)Nc2cn3cc(-c4cccnc4)ccc3n2)n1. The van der Waals surface area contributed by atoms with E-state index in [1.54, 1.807) is 25.6 Å². The number of carbonyl (C=O) groups excluding carboxylic acids is 1. The zero-order valence-corrected chi connectivity index (χ0v) is 14.6. The highest BCUT2D eigenvalue weighted by Crippen LogP contribution is 2.20. The first-order valence-corrected chi connectivity index (χ1v) is 8.34. The summed E-state index contributed by atoms with van der Waals surface area (Å²) in [7, 11) is 1.69. The van der Waals surface area contributed by atoms with Crippen LogP contribution in [-0.2, 0) is 13.5 Å². The van der Waals surface area contributed by atoms with Crippen molar-refractivity contribution < 1.29 is 4.79 Å². The predicted molar refractivity (Wildman–Crippen MR) is 97.9 cm³/mol. The number of urea groups is 1. The molecule has 0 saturated heterocycles. The van der Waals surface area contributed by atoms with Crippen LogP contribution >= 0.6 is 0 Å². The van der Waals surface area contributed by atoms with E-state index in [9.17, 15) is 4.79 Å². The summed E-state index contributed by atoms with van der Waals surface area (Å²) in [5.41, 5.74) is 2.76. The fourth-order valence-corrected chi connectivity index (χ4v) is 2.63. The lowest BCUT2D eigenvalue weighted by Crippen LogP contribution is -2.30. The van der Waals surface area contributed by atoms with Gasteiger partial charge in [-0.1, -0.05) is 6.07 Å². The smallest absolute Gasteiger partial charge is 0.320 e. The molecule has 0 bridgehead atoms. The standard InChI is InChI=1S/C17H17N9O/c1-25-23-14(22-24-25)6-8-19-17(27)21-15-11-26-10-13(4-5-16(26)20-15)12-3-2-7-18-9-12/h2-5,7,9-11H,6,8H2,1H3,(H2,19,21,27). The molecule has 0 saturated carbocycles. The van der Waals surface area contributed by atoms with Crippen molar-refractivity contribution in [3.8, 4) is 11.1 Å². The number of pyridine rings is 2. The minimum Gasteiger partial charge on any atom is -0.337 e. The predicted octanol–water partition coefficient (Wildman–Crippen LogP) is 1.28. The fourth-order valence-electron chi connectivity index (χ4n) is 2.63. The van der Waals surface area contributed by atoms with E-state index in [-0.39, 0.29) is 6.03 Å². The highest BCUT2D eigenvalue weighted by molar-refractivity contribution is 5.88. The molecule has 0 atom stereocenters. The molecule has 10 nitrogen and oxygen atoms in total. The Morgan fingerprint density at radius 1 is 1.19 bits per heavy atom. The van der Waals surface area contributed by atoms with Crippen LogP contribution in [0.25, 0.3) is 16.8 Å². The molecule has 0 aliphatic carbocycles. The third-order valence-corrected chi connectivity index (χ3v) is 3.87. The number of aromatic nitrogens is 7. The van der Waals surface area contributed by atoms with E-state index >= 15 is 0 Å². The summed E-state index contributed by atoms with van der Waals surface area (Å²) >= 11 is 0. The molecule has 0 radical (unpaired) electrons. The van der Waals surface area contributed by atoms with Gasteiger partial charge in [0.1, 0.15) is 5.65 Å². The normalized spacial score (nSPS) is 10.9. The molecule has 10 heteroatoms. The Morgan fingerprint density at radius 3 is 2.89 bits per heavy atom. The number of nitrogens with one attached hydrogen (secondary N) is 2. The molecule has 0 fully saturated rings. The number of aryl methyl sites for hydroxylation is 1. The summed E-state index contributed by atoms with van der Waals surface area (Å²) in [5.74, 6) is 1.04. The second kappa shape index (κ2) is 7.20. The quantitative estimate of drug-likeness (QED) is 0.552. The van der Waals surface area contributed by atoms with Gasteiger partial charge in [0.05, 0.1) is 13.2 Å². The Labute approximate surface area is 154 Å². The van der Waals surface area contributed by atoms with Crippen LogP contribution < -0.4 is 10.6 Å². The molecule has 4 rings (SSSR count). The van der Waals surface area contributed by atoms with Crippen LogP contribution in [0.3, 0.4) is 0 Å². The summed E-state index contributed by atoms with van der Waals surface area (Å²) in [4.78, 5) is 21.9. The van der Waals surface area contributed by atoms with Crippen LogP contribution in [0, 0.1) is 0 Å². The van der Waals surface area contributed by atoms with Gasteiger partial charge in [0.2, 0.25) is 0 Å². The van der Waals surface area contributed by atoms with Gasteiger partial charge in [-0.3, -0.25) is 10.3 Å². The van der Waals surface area contributed by atoms with Crippen molar-refractivity contribution in [1.29, 1.82) is 0 Å². The molecule has 0 unspecified atom stereocenters. The molecular formula is C17H17N9O. The maximum atomic E-state index is 12.0. The minimum atomic E-state index is -0.338. The first-order valence-electron chi connectivity index (χ1n) is 8.34. The van der Waals surface area contributed by atoms with Crippen LogP contribution in [0.1, 0.15) is 5.82 Å². The average molecular weight is 363 g/mol. The van der Waals surface area contributed by atoms with E-state index < -0.39 is 0 Å². The number of amides is 2. The highest BCUT2D eigenvalue weighted by atomic mass is 16.2. The van der Waals surface area contributed by atoms with E-state index in [1.807, 2.05) is 34.9 Å². The molecule has 0 spiro atoms. The molecule has 4 aromatic rings. The van der Waals surface area contributed by atoms with Crippen molar-refractivity contribution in [2.45, 2.75) is 6.42 Å². The number of fused-ring (bicyclic) bond motifs is 1. The van der Waals surface area contributed by atoms with Crippen LogP contribution in [0.15, 0.2) is 49.1 Å². The number of carbonyl (C=O) groups is 1. The fraction of sp³-hybridized carbons (Fsp3) is 0.176. The molecule has 4 aromatic heterocycles. The molecule has 2 N–H and O–H groups in total. The molecular weight excluding hydrogens is 346 g/mol. The molecule has 0 aromatic carbocycles. The Balaban J connectivity index is 1.39. The van der Waals surface area contributed by atoms with Gasteiger partial charge in [-0.25, -0.2) is 9.78 Å². The number of anilines is 1. The first-order chi connectivity index (χ1) is 13.2. The van der Waals surface area contributed by atoms with Gasteiger partial charge >= 0.3 is 6.03 Å². The summed E-state index contributed by atoms with van der Waals surface area (Å²) in [6.07, 6.45) is 7.75. The Bertz CT molecular complexity index is 1070. The van der Waals surface area contributed by atoms with Gasteiger partial charge in [-0.15, -0.1) is 10.2 Å². The third kappa shape index (κ3) is 3.89. The number of tetrazole rings is 1. The number of rotatable bonds is 5. The lowest BCUT2D eigenvalue weighted by molar-refractivity contribution is 0.252. The zero-order chi connectivity index (χ0) is 18.6. The molecule has 2 amide bonds. The van der Waals surface area contributed by atoms with Crippen LogP contribution in [0.2, 0.25) is 0 Å². The third-order valence-electron chi connectivity index (χ3n) is 3.87. The van der Waals surface area contributed by atoms with Gasteiger partial charge < -0.3 is 9.72 Å². The lowest BCUT2D eigenvalue weighted by Gasteiger charge is -2.03. The van der Waals surface area contributed by atoms with Gasteiger partial charge in [0, 0.05) is 37.1 Å². The highest BCUT2D eigenvalue weighted by Gasteiger charge is 2.08. The lowest BCUT2D eigenvalue weighted by atomic mass is 10.1. The monoisotopic (exact) mass is 363 g/mol. The Hall–Kier alpha value is -3.82. The molecule has 0 aliphatic heterocycles. The van der Waals surface area contributed by atoms with E-state index in [4.69, 9.17) is 0 Å². The van der Waals surface area contributed by atoms with Crippen molar-refractivity contribution in [3.05, 3.63) is 54.9 Å². The van der Waals surface area contributed by atoms with Gasteiger partial charge in [-0.2, -0.15) is 4.80 Å². The van der Waals surface area contributed by atoms with Crippen LogP contribution in [0.5, 0.6) is 0 Å². The maximum Gasteiger partial charge on any atom is 0.320 e. The minimum absolute atomic E-state index is 0.338. The van der Waals surface area contributed by atoms with Crippen molar-refractivity contribution in [2.24, 2.45) is 7.05 Å². The molecule has 136 valence electrons.